The van der Waals surface area contributed by atoms with E-state index < -0.39 is 15.9 Å². The topological polar surface area (TPSA) is 95.6 Å². The van der Waals surface area contributed by atoms with E-state index in [4.69, 9.17) is 11.6 Å². The Balaban J connectivity index is 1.69. The van der Waals surface area contributed by atoms with E-state index in [-0.39, 0.29) is 22.9 Å². The number of carbonyl (C=O) groups excluding carboxylic acids is 2. The maximum Gasteiger partial charge on any atom is 0.261 e. The third-order valence-electron chi connectivity index (χ3n) is 4.53. The highest BCUT2D eigenvalue weighted by molar-refractivity contribution is 7.92. The minimum atomic E-state index is -3.94. The van der Waals surface area contributed by atoms with Crippen molar-refractivity contribution in [2.75, 3.05) is 23.6 Å². The van der Waals surface area contributed by atoms with Gasteiger partial charge in [0, 0.05) is 23.3 Å². The SMILES string of the molecule is Cc1ccc(NC(=O)CN(C)C(=O)c2cccc(S(=O)(=O)Nc3cccc(Cl)c3)c2)cc1. The molecule has 2 amide bonds. The van der Waals surface area contributed by atoms with Crippen LogP contribution in [-0.4, -0.2) is 38.7 Å². The summed E-state index contributed by atoms with van der Waals surface area (Å²) in [6.45, 7) is 1.75. The molecule has 32 heavy (non-hydrogen) atoms. The number of benzene rings is 3. The number of aryl methyl sites for hydroxylation is 1. The Kier molecular flexibility index (Phi) is 7.17. The number of halogens is 1. The number of amides is 2. The maximum absolute atomic E-state index is 12.8. The molecule has 0 spiro atoms. The van der Waals surface area contributed by atoms with E-state index in [0.717, 1.165) is 5.56 Å². The van der Waals surface area contributed by atoms with Crippen molar-refractivity contribution in [3.8, 4) is 0 Å². The zero-order valence-electron chi connectivity index (χ0n) is 17.5. The molecule has 3 aromatic carbocycles. The molecule has 0 fully saturated rings. The largest absolute Gasteiger partial charge is 0.332 e. The molecule has 7 nitrogen and oxygen atoms in total. The standard InChI is InChI=1S/C23H22ClN3O4S/c1-16-9-11-19(12-10-16)25-22(28)15-27(2)23(29)17-5-3-8-21(13-17)32(30,31)26-20-7-4-6-18(24)14-20/h3-14,26H,15H2,1-2H3,(H,25,28). The number of rotatable bonds is 7. The van der Waals surface area contributed by atoms with E-state index in [0.29, 0.717) is 16.4 Å². The monoisotopic (exact) mass is 471 g/mol. The summed E-state index contributed by atoms with van der Waals surface area (Å²) in [7, 11) is -2.46. The summed E-state index contributed by atoms with van der Waals surface area (Å²) in [6, 6.07) is 19.2. The first-order valence-corrected chi connectivity index (χ1v) is 11.5. The molecule has 9 heteroatoms. The maximum atomic E-state index is 12.8. The van der Waals surface area contributed by atoms with Crippen LogP contribution >= 0.6 is 11.6 Å². The van der Waals surface area contributed by atoms with Crippen LogP contribution in [0.3, 0.4) is 0 Å². The van der Waals surface area contributed by atoms with Crippen LogP contribution in [0.4, 0.5) is 11.4 Å². The number of carbonyl (C=O) groups is 2. The summed E-state index contributed by atoms with van der Waals surface area (Å²) in [5.74, 6) is -0.847. The fourth-order valence-corrected chi connectivity index (χ4v) is 4.19. The highest BCUT2D eigenvalue weighted by Crippen LogP contribution is 2.20. The van der Waals surface area contributed by atoms with Crippen LogP contribution in [0, 0.1) is 6.92 Å². The van der Waals surface area contributed by atoms with Gasteiger partial charge < -0.3 is 10.2 Å². The Morgan fingerprint density at radius 2 is 1.62 bits per heavy atom. The molecule has 0 aliphatic heterocycles. The number of hydrogen-bond acceptors (Lipinski definition) is 4. The molecule has 3 aromatic rings. The lowest BCUT2D eigenvalue weighted by Gasteiger charge is -2.17. The summed E-state index contributed by atoms with van der Waals surface area (Å²) >= 11 is 5.90. The molecular weight excluding hydrogens is 450 g/mol. The second-order valence-corrected chi connectivity index (χ2v) is 9.34. The summed E-state index contributed by atoms with van der Waals surface area (Å²) in [6.07, 6.45) is 0. The fourth-order valence-electron chi connectivity index (χ4n) is 2.91. The fraction of sp³-hybridized carbons (Fsp3) is 0.130. The van der Waals surface area contributed by atoms with Gasteiger partial charge in [-0.3, -0.25) is 14.3 Å². The van der Waals surface area contributed by atoms with E-state index in [1.807, 2.05) is 19.1 Å². The number of hydrogen-bond donors (Lipinski definition) is 2. The van der Waals surface area contributed by atoms with Crippen LogP contribution in [-0.2, 0) is 14.8 Å². The Bertz CT molecular complexity index is 1240. The van der Waals surface area contributed by atoms with Crippen LogP contribution < -0.4 is 10.0 Å². The molecule has 0 aliphatic rings. The van der Waals surface area contributed by atoms with Crippen molar-refractivity contribution < 1.29 is 18.0 Å². The molecule has 0 heterocycles. The van der Waals surface area contributed by atoms with Gasteiger partial charge >= 0.3 is 0 Å². The molecule has 3 rings (SSSR count). The second kappa shape index (κ2) is 9.84. The molecule has 0 bridgehead atoms. The number of nitrogens with one attached hydrogen (secondary N) is 2. The van der Waals surface area contributed by atoms with Crippen molar-refractivity contribution in [1.82, 2.24) is 4.90 Å². The zero-order valence-corrected chi connectivity index (χ0v) is 19.1. The van der Waals surface area contributed by atoms with Crippen molar-refractivity contribution in [3.05, 3.63) is 88.9 Å². The Hall–Kier alpha value is -3.36. The molecule has 0 atom stereocenters. The van der Waals surface area contributed by atoms with Gasteiger partial charge in [-0.2, -0.15) is 0 Å². The first-order chi connectivity index (χ1) is 15.1. The molecule has 166 valence electrons. The van der Waals surface area contributed by atoms with Gasteiger partial charge in [0.2, 0.25) is 5.91 Å². The Morgan fingerprint density at radius 3 is 2.31 bits per heavy atom. The minimum absolute atomic E-state index is 0.0826. The van der Waals surface area contributed by atoms with Crippen LogP contribution in [0.15, 0.2) is 77.7 Å². The van der Waals surface area contributed by atoms with Crippen LogP contribution in [0.25, 0.3) is 0 Å². The van der Waals surface area contributed by atoms with Gasteiger partial charge in [-0.15, -0.1) is 0 Å². The lowest BCUT2D eigenvalue weighted by molar-refractivity contribution is -0.116. The van der Waals surface area contributed by atoms with Crippen LogP contribution in [0.2, 0.25) is 5.02 Å². The molecule has 2 N–H and O–H groups in total. The molecule has 0 aliphatic carbocycles. The van der Waals surface area contributed by atoms with E-state index in [2.05, 4.69) is 10.0 Å². The van der Waals surface area contributed by atoms with E-state index in [9.17, 15) is 18.0 Å². The predicted molar refractivity (Wildman–Crippen MR) is 125 cm³/mol. The number of nitrogens with zero attached hydrogens (tertiary/aromatic N) is 1. The van der Waals surface area contributed by atoms with E-state index in [1.165, 1.54) is 42.3 Å². The molecule has 0 radical (unpaired) electrons. The van der Waals surface area contributed by atoms with Gasteiger partial charge in [-0.1, -0.05) is 41.4 Å². The van der Waals surface area contributed by atoms with Crippen LogP contribution in [0.1, 0.15) is 15.9 Å². The lowest BCUT2D eigenvalue weighted by Crippen LogP contribution is -2.35. The third kappa shape index (κ3) is 6.09. The normalized spacial score (nSPS) is 11.0. The molecule has 0 aromatic heterocycles. The number of likely N-dealkylation sites (N-methyl/N-ethyl adjacent to an activating group) is 1. The first-order valence-electron chi connectivity index (χ1n) is 9.64. The average molecular weight is 472 g/mol. The summed E-state index contributed by atoms with van der Waals surface area (Å²) in [5.41, 5.74) is 2.14. The lowest BCUT2D eigenvalue weighted by atomic mass is 10.2. The highest BCUT2D eigenvalue weighted by atomic mass is 35.5. The summed E-state index contributed by atoms with van der Waals surface area (Å²) in [4.78, 5) is 26.2. The summed E-state index contributed by atoms with van der Waals surface area (Å²) in [5, 5.41) is 3.11. The van der Waals surface area contributed by atoms with Gasteiger partial charge in [0.1, 0.15) is 0 Å². The van der Waals surface area contributed by atoms with Crippen molar-refractivity contribution in [1.29, 1.82) is 0 Å². The summed E-state index contributed by atoms with van der Waals surface area (Å²) < 4.78 is 27.9. The molecule has 0 unspecified atom stereocenters. The Labute approximate surface area is 192 Å². The molecular formula is C23H22ClN3O4S. The quantitative estimate of drug-likeness (QED) is 0.540. The number of anilines is 2. The van der Waals surface area contributed by atoms with Crippen molar-refractivity contribution >= 4 is 44.8 Å². The van der Waals surface area contributed by atoms with Crippen molar-refractivity contribution in [2.24, 2.45) is 0 Å². The smallest absolute Gasteiger partial charge is 0.261 e. The number of sulfonamides is 1. The van der Waals surface area contributed by atoms with E-state index >= 15 is 0 Å². The molecule has 0 saturated carbocycles. The van der Waals surface area contributed by atoms with Crippen molar-refractivity contribution in [3.63, 3.8) is 0 Å². The van der Waals surface area contributed by atoms with Crippen molar-refractivity contribution in [2.45, 2.75) is 11.8 Å². The van der Waals surface area contributed by atoms with Gasteiger partial charge in [0.25, 0.3) is 15.9 Å². The predicted octanol–water partition coefficient (Wildman–Crippen LogP) is 4.16. The zero-order chi connectivity index (χ0) is 23.3. The highest BCUT2D eigenvalue weighted by Gasteiger charge is 2.19. The van der Waals surface area contributed by atoms with Crippen LogP contribution in [0.5, 0.6) is 0 Å². The van der Waals surface area contributed by atoms with Gasteiger partial charge in [0.05, 0.1) is 17.1 Å². The van der Waals surface area contributed by atoms with Gasteiger partial charge in [0.15, 0.2) is 0 Å². The van der Waals surface area contributed by atoms with E-state index in [1.54, 1.807) is 30.3 Å². The van der Waals surface area contributed by atoms with Gasteiger partial charge in [-0.05, 0) is 55.5 Å². The Morgan fingerprint density at radius 1 is 0.938 bits per heavy atom. The van der Waals surface area contributed by atoms with Gasteiger partial charge in [-0.25, -0.2) is 8.42 Å². The minimum Gasteiger partial charge on any atom is -0.332 e. The second-order valence-electron chi connectivity index (χ2n) is 7.22. The average Bonchev–Trinajstić information content (AvgIpc) is 2.74. The third-order valence-corrected chi connectivity index (χ3v) is 6.14. The first kappa shape index (κ1) is 23.3. The molecule has 0 saturated heterocycles.